The zero-order valence-corrected chi connectivity index (χ0v) is 13.2. The van der Waals surface area contributed by atoms with Crippen LogP contribution in [-0.4, -0.2) is 17.1 Å². The SMILES string of the molecule is COc1nc(Nc2cc(Cl)ccc2Br)ncc1Br. The number of hydrogen-bond donors (Lipinski definition) is 1. The van der Waals surface area contributed by atoms with Crippen molar-refractivity contribution in [1.82, 2.24) is 9.97 Å². The number of methoxy groups -OCH3 is 1. The van der Waals surface area contributed by atoms with Crippen LogP contribution >= 0.6 is 43.5 Å². The van der Waals surface area contributed by atoms with Gasteiger partial charge in [0.15, 0.2) is 0 Å². The average Bonchev–Trinajstić information content (AvgIpc) is 2.36. The van der Waals surface area contributed by atoms with Gasteiger partial charge >= 0.3 is 0 Å². The summed E-state index contributed by atoms with van der Waals surface area (Å²) in [6, 6.07) is 5.42. The number of nitrogens with one attached hydrogen (secondary N) is 1. The van der Waals surface area contributed by atoms with Gasteiger partial charge < -0.3 is 10.1 Å². The van der Waals surface area contributed by atoms with Crippen LogP contribution in [0.15, 0.2) is 33.3 Å². The van der Waals surface area contributed by atoms with Gasteiger partial charge in [-0.15, -0.1) is 0 Å². The third-order valence-electron chi connectivity index (χ3n) is 2.08. The van der Waals surface area contributed by atoms with Crippen LogP contribution in [0.1, 0.15) is 0 Å². The number of aromatic nitrogens is 2. The van der Waals surface area contributed by atoms with Gasteiger partial charge in [0.1, 0.15) is 0 Å². The molecule has 0 atom stereocenters. The second-order valence-electron chi connectivity index (χ2n) is 3.30. The molecule has 4 nitrogen and oxygen atoms in total. The molecule has 0 aliphatic carbocycles. The van der Waals surface area contributed by atoms with Gasteiger partial charge in [-0.25, -0.2) is 4.98 Å². The zero-order chi connectivity index (χ0) is 13.1. The molecule has 0 spiro atoms. The molecule has 0 saturated heterocycles. The number of rotatable bonds is 3. The van der Waals surface area contributed by atoms with Crippen LogP contribution in [0.3, 0.4) is 0 Å². The van der Waals surface area contributed by atoms with E-state index >= 15 is 0 Å². The summed E-state index contributed by atoms with van der Waals surface area (Å²) in [6.45, 7) is 0. The van der Waals surface area contributed by atoms with E-state index in [0.717, 1.165) is 10.2 Å². The van der Waals surface area contributed by atoms with E-state index in [1.165, 1.54) is 0 Å². The maximum Gasteiger partial charge on any atom is 0.232 e. The summed E-state index contributed by atoms with van der Waals surface area (Å²) >= 11 is 12.6. The minimum absolute atomic E-state index is 0.429. The maximum atomic E-state index is 5.93. The van der Waals surface area contributed by atoms with E-state index in [4.69, 9.17) is 16.3 Å². The molecule has 1 aromatic carbocycles. The Bertz CT molecular complexity index is 580. The lowest BCUT2D eigenvalue weighted by Crippen LogP contribution is -1.99. The van der Waals surface area contributed by atoms with Crippen molar-refractivity contribution in [3.63, 3.8) is 0 Å². The molecular formula is C11H8Br2ClN3O. The fourth-order valence-electron chi connectivity index (χ4n) is 1.27. The summed E-state index contributed by atoms with van der Waals surface area (Å²) in [5, 5.41) is 3.69. The van der Waals surface area contributed by atoms with Gasteiger partial charge in [0.05, 0.1) is 23.5 Å². The quantitative estimate of drug-likeness (QED) is 0.839. The van der Waals surface area contributed by atoms with Crippen molar-refractivity contribution in [1.29, 1.82) is 0 Å². The van der Waals surface area contributed by atoms with Crippen LogP contribution in [-0.2, 0) is 0 Å². The lowest BCUT2D eigenvalue weighted by molar-refractivity contribution is 0.394. The Balaban J connectivity index is 2.31. The molecule has 94 valence electrons. The molecule has 1 aromatic heterocycles. The molecule has 0 saturated carbocycles. The molecule has 18 heavy (non-hydrogen) atoms. The van der Waals surface area contributed by atoms with Gasteiger partial charge in [-0.3, -0.25) is 0 Å². The number of nitrogens with zero attached hydrogens (tertiary/aromatic N) is 2. The fourth-order valence-corrected chi connectivity index (χ4v) is 2.14. The van der Waals surface area contributed by atoms with Gasteiger partial charge in [0.25, 0.3) is 0 Å². The van der Waals surface area contributed by atoms with Gasteiger partial charge in [-0.05, 0) is 50.1 Å². The van der Waals surface area contributed by atoms with Crippen molar-refractivity contribution in [2.45, 2.75) is 0 Å². The molecule has 2 aromatic rings. The van der Waals surface area contributed by atoms with Crippen LogP contribution in [0.5, 0.6) is 5.88 Å². The highest BCUT2D eigenvalue weighted by atomic mass is 79.9. The normalized spacial score (nSPS) is 10.2. The van der Waals surface area contributed by atoms with E-state index in [0.29, 0.717) is 21.3 Å². The van der Waals surface area contributed by atoms with Gasteiger partial charge in [-0.2, -0.15) is 4.98 Å². The first-order chi connectivity index (χ1) is 8.60. The Morgan fingerprint density at radius 3 is 2.78 bits per heavy atom. The molecule has 1 N–H and O–H groups in total. The molecule has 0 aliphatic heterocycles. The van der Waals surface area contributed by atoms with E-state index < -0.39 is 0 Å². The number of ether oxygens (including phenoxy) is 1. The second kappa shape index (κ2) is 5.86. The molecule has 7 heteroatoms. The van der Waals surface area contributed by atoms with Gasteiger partial charge in [-0.1, -0.05) is 11.6 Å². The summed E-state index contributed by atoms with van der Waals surface area (Å²) in [5.74, 6) is 0.892. The lowest BCUT2D eigenvalue weighted by atomic mass is 10.3. The largest absolute Gasteiger partial charge is 0.480 e. The van der Waals surface area contributed by atoms with Crippen LogP contribution < -0.4 is 10.1 Å². The first-order valence-corrected chi connectivity index (χ1v) is 6.85. The van der Waals surface area contributed by atoms with Crippen molar-refractivity contribution in [3.05, 3.63) is 38.4 Å². The van der Waals surface area contributed by atoms with Crippen LogP contribution in [0.2, 0.25) is 5.02 Å². The Hall–Kier alpha value is -0.850. The molecule has 2 rings (SSSR count). The summed E-state index contributed by atoms with van der Waals surface area (Å²) < 4.78 is 6.67. The van der Waals surface area contributed by atoms with Crippen molar-refractivity contribution in [2.24, 2.45) is 0 Å². The maximum absolute atomic E-state index is 5.93. The van der Waals surface area contributed by atoms with Gasteiger partial charge in [0.2, 0.25) is 11.8 Å². The average molecular weight is 393 g/mol. The fraction of sp³-hybridized carbons (Fsp3) is 0.0909. The van der Waals surface area contributed by atoms with E-state index in [9.17, 15) is 0 Å². The third-order valence-corrected chi connectivity index (χ3v) is 3.55. The minimum Gasteiger partial charge on any atom is -0.480 e. The Morgan fingerprint density at radius 1 is 1.28 bits per heavy atom. The topological polar surface area (TPSA) is 47.0 Å². The minimum atomic E-state index is 0.429. The third kappa shape index (κ3) is 3.13. The van der Waals surface area contributed by atoms with Gasteiger partial charge in [0, 0.05) is 9.50 Å². The number of hydrogen-bond acceptors (Lipinski definition) is 4. The Labute approximate surface area is 126 Å². The smallest absolute Gasteiger partial charge is 0.232 e. The predicted molar refractivity (Wildman–Crippen MR) is 78.7 cm³/mol. The summed E-state index contributed by atoms with van der Waals surface area (Å²) in [4.78, 5) is 8.34. The predicted octanol–water partition coefficient (Wildman–Crippen LogP) is 4.41. The second-order valence-corrected chi connectivity index (χ2v) is 5.45. The molecule has 0 unspecified atom stereocenters. The van der Waals surface area contributed by atoms with E-state index in [-0.39, 0.29) is 0 Å². The summed E-state index contributed by atoms with van der Waals surface area (Å²) in [6.07, 6.45) is 1.62. The summed E-state index contributed by atoms with van der Waals surface area (Å²) in [7, 11) is 1.55. The summed E-state index contributed by atoms with van der Waals surface area (Å²) in [5.41, 5.74) is 0.784. The van der Waals surface area contributed by atoms with E-state index in [1.54, 1.807) is 25.4 Å². The van der Waals surface area contributed by atoms with E-state index in [2.05, 4.69) is 47.1 Å². The molecule has 0 aliphatic rings. The van der Waals surface area contributed by atoms with E-state index in [1.807, 2.05) is 6.07 Å². The monoisotopic (exact) mass is 391 g/mol. The highest BCUT2D eigenvalue weighted by Crippen LogP contribution is 2.29. The zero-order valence-electron chi connectivity index (χ0n) is 9.25. The van der Waals surface area contributed by atoms with Crippen LogP contribution in [0.25, 0.3) is 0 Å². The molecule has 0 radical (unpaired) electrons. The molecule has 0 amide bonds. The number of anilines is 2. The number of benzene rings is 1. The molecule has 0 fully saturated rings. The Morgan fingerprint density at radius 2 is 2.06 bits per heavy atom. The van der Waals surface area contributed by atoms with Crippen molar-refractivity contribution < 1.29 is 4.74 Å². The first kappa shape index (κ1) is 13.6. The number of halogens is 3. The molecule has 1 heterocycles. The highest BCUT2D eigenvalue weighted by Gasteiger charge is 2.07. The lowest BCUT2D eigenvalue weighted by Gasteiger charge is -2.09. The highest BCUT2D eigenvalue weighted by molar-refractivity contribution is 9.11. The standard InChI is InChI=1S/C11H8Br2ClN3O/c1-18-10-8(13)5-15-11(17-10)16-9-4-6(14)2-3-7(9)12/h2-5H,1H3,(H,15,16,17). The van der Waals surface area contributed by atoms with Crippen LogP contribution in [0, 0.1) is 0 Å². The van der Waals surface area contributed by atoms with Crippen LogP contribution in [0.4, 0.5) is 11.6 Å². The van der Waals surface area contributed by atoms with Crippen molar-refractivity contribution in [2.75, 3.05) is 12.4 Å². The molecular weight excluding hydrogens is 385 g/mol. The van der Waals surface area contributed by atoms with Crippen molar-refractivity contribution >= 4 is 55.1 Å². The molecule has 0 bridgehead atoms. The first-order valence-electron chi connectivity index (χ1n) is 4.89. The Kier molecular flexibility index (Phi) is 4.42. The van der Waals surface area contributed by atoms with Crippen molar-refractivity contribution in [3.8, 4) is 5.88 Å².